The van der Waals surface area contributed by atoms with Gasteiger partial charge in [0.2, 0.25) is 11.8 Å². The highest BCUT2D eigenvalue weighted by Crippen LogP contribution is 2.25. The third-order valence-electron chi connectivity index (χ3n) is 5.27. The number of allylic oxidation sites excluding steroid dienone is 1. The van der Waals surface area contributed by atoms with Crippen LogP contribution in [0.25, 0.3) is 11.1 Å². The number of oxazole rings is 1. The van der Waals surface area contributed by atoms with Crippen molar-refractivity contribution in [2.24, 2.45) is 0 Å². The van der Waals surface area contributed by atoms with E-state index >= 15 is 0 Å². The zero-order chi connectivity index (χ0) is 18.8. The van der Waals surface area contributed by atoms with Gasteiger partial charge in [-0.1, -0.05) is 5.57 Å². The van der Waals surface area contributed by atoms with Crippen molar-refractivity contribution >= 4 is 28.6 Å². The lowest BCUT2D eigenvalue weighted by Crippen LogP contribution is -2.39. The fraction of sp³-hybridized carbons (Fsp3) is 0.450. The highest BCUT2D eigenvalue weighted by atomic mass is 16.4. The van der Waals surface area contributed by atoms with E-state index in [1.165, 1.54) is 4.57 Å². The monoisotopic (exact) mass is 369 g/mol. The molecule has 7 nitrogen and oxygen atoms in total. The number of carbonyl (C=O) groups is 2. The van der Waals surface area contributed by atoms with Gasteiger partial charge in [0, 0.05) is 24.9 Å². The van der Waals surface area contributed by atoms with Crippen molar-refractivity contribution in [1.29, 1.82) is 0 Å². The standard InChI is InChI=1S/C20H23N3O4/c24-18(11-14-5-4-6-14)21-15-7-8-17-16(12-15)23(20(26)27-17)13-19(25)22-9-2-1-3-10-22/h7-8,11-12H,1-6,9-10,13H2,(H,21,24). The molecule has 142 valence electrons. The molecular formula is C20H23N3O4. The van der Waals surface area contributed by atoms with Crippen molar-refractivity contribution in [3.8, 4) is 0 Å². The molecule has 1 N–H and O–H groups in total. The Kier molecular flexibility index (Phi) is 4.83. The van der Waals surface area contributed by atoms with Crippen LogP contribution in [-0.2, 0) is 16.1 Å². The normalized spacial score (nSPS) is 16.9. The van der Waals surface area contributed by atoms with Crippen LogP contribution in [0.1, 0.15) is 38.5 Å². The smallest absolute Gasteiger partial charge is 0.408 e. The van der Waals surface area contributed by atoms with Crippen molar-refractivity contribution in [2.75, 3.05) is 18.4 Å². The van der Waals surface area contributed by atoms with E-state index in [-0.39, 0.29) is 18.4 Å². The van der Waals surface area contributed by atoms with Gasteiger partial charge in [0.15, 0.2) is 5.58 Å². The predicted molar refractivity (Wildman–Crippen MR) is 101 cm³/mol. The summed E-state index contributed by atoms with van der Waals surface area (Å²) >= 11 is 0. The molecule has 1 aromatic carbocycles. The Balaban J connectivity index is 1.55. The van der Waals surface area contributed by atoms with Gasteiger partial charge < -0.3 is 14.6 Å². The molecule has 0 atom stereocenters. The van der Waals surface area contributed by atoms with Crippen molar-refractivity contribution in [2.45, 2.75) is 45.1 Å². The summed E-state index contributed by atoms with van der Waals surface area (Å²) in [6.07, 6.45) is 7.86. The van der Waals surface area contributed by atoms with Gasteiger partial charge in [-0.25, -0.2) is 4.79 Å². The summed E-state index contributed by atoms with van der Waals surface area (Å²) in [4.78, 5) is 38.6. The number of hydrogen-bond donors (Lipinski definition) is 1. The van der Waals surface area contributed by atoms with Gasteiger partial charge in [0.1, 0.15) is 6.54 Å². The molecule has 1 saturated heterocycles. The Morgan fingerprint density at radius 3 is 2.59 bits per heavy atom. The molecule has 0 radical (unpaired) electrons. The van der Waals surface area contributed by atoms with Crippen LogP contribution in [0.4, 0.5) is 5.69 Å². The lowest BCUT2D eigenvalue weighted by molar-refractivity contribution is -0.132. The van der Waals surface area contributed by atoms with Crippen LogP contribution in [0.3, 0.4) is 0 Å². The molecule has 4 rings (SSSR count). The van der Waals surface area contributed by atoms with E-state index in [0.29, 0.717) is 16.8 Å². The van der Waals surface area contributed by atoms with Crippen LogP contribution in [0.5, 0.6) is 0 Å². The highest BCUT2D eigenvalue weighted by molar-refractivity contribution is 6.00. The molecule has 27 heavy (non-hydrogen) atoms. The third-order valence-corrected chi connectivity index (χ3v) is 5.27. The van der Waals surface area contributed by atoms with Crippen molar-refractivity contribution in [3.05, 3.63) is 40.4 Å². The van der Waals surface area contributed by atoms with E-state index in [0.717, 1.165) is 57.2 Å². The van der Waals surface area contributed by atoms with Crippen LogP contribution < -0.4 is 11.1 Å². The Morgan fingerprint density at radius 1 is 1.11 bits per heavy atom. The number of fused-ring (bicyclic) bond motifs is 1. The SMILES string of the molecule is O=C(C=C1CCC1)Nc1ccc2oc(=O)n(CC(=O)N3CCCCC3)c2c1. The Bertz CT molecular complexity index is 957. The Labute approximate surface area is 156 Å². The second kappa shape index (κ2) is 7.42. The third kappa shape index (κ3) is 3.82. The zero-order valence-electron chi connectivity index (χ0n) is 15.2. The van der Waals surface area contributed by atoms with Crippen molar-refractivity contribution in [3.63, 3.8) is 0 Å². The Hall–Kier alpha value is -2.83. The summed E-state index contributed by atoms with van der Waals surface area (Å²) in [5.74, 6) is -0.815. The number of anilines is 1. The summed E-state index contributed by atoms with van der Waals surface area (Å²) in [6, 6.07) is 5.02. The number of carbonyl (C=O) groups excluding carboxylic acids is 2. The van der Waals surface area contributed by atoms with Gasteiger partial charge in [0.05, 0.1) is 5.52 Å². The number of rotatable bonds is 4. The summed E-state index contributed by atoms with van der Waals surface area (Å²) in [5.41, 5.74) is 2.64. The molecule has 1 saturated carbocycles. The summed E-state index contributed by atoms with van der Waals surface area (Å²) in [5, 5.41) is 2.82. The summed E-state index contributed by atoms with van der Waals surface area (Å²) < 4.78 is 6.59. The Morgan fingerprint density at radius 2 is 1.89 bits per heavy atom. The fourth-order valence-electron chi connectivity index (χ4n) is 3.56. The molecule has 2 amide bonds. The average molecular weight is 369 g/mol. The number of nitrogens with zero attached hydrogens (tertiary/aromatic N) is 2. The second-order valence-electron chi connectivity index (χ2n) is 7.22. The molecule has 0 spiro atoms. The maximum Gasteiger partial charge on any atom is 0.420 e. The lowest BCUT2D eigenvalue weighted by atomic mass is 9.92. The number of amides is 2. The van der Waals surface area contributed by atoms with E-state index in [2.05, 4.69) is 5.32 Å². The molecule has 1 aliphatic heterocycles. The molecule has 7 heteroatoms. The average Bonchev–Trinajstić information content (AvgIpc) is 2.94. The number of benzene rings is 1. The minimum Gasteiger partial charge on any atom is -0.408 e. The van der Waals surface area contributed by atoms with Crippen LogP contribution in [-0.4, -0.2) is 34.4 Å². The molecule has 1 aliphatic carbocycles. The van der Waals surface area contributed by atoms with Gasteiger partial charge >= 0.3 is 5.76 Å². The number of aromatic nitrogens is 1. The first-order valence-corrected chi connectivity index (χ1v) is 9.52. The maximum atomic E-state index is 12.5. The molecule has 0 unspecified atom stereocenters. The largest absolute Gasteiger partial charge is 0.420 e. The summed E-state index contributed by atoms with van der Waals surface area (Å²) in [6.45, 7) is 1.42. The quantitative estimate of drug-likeness (QED) is 0.840. The molecular weight excluding hydrogens is 346 g/mol. The maximum absolute atomic E-state index is 12.5. The topological polar surface area (TPSA) is 84.5 Å². The predicted octanol–water partition coefficient (Wildman–Crippen LogP) is 2.66. The molecule has 1 aromatic heterocycles. The highest BCUT2D eigenvalue weighted by Gasteiger charge is 2.20. The van der Waals surface area contributed by atoms with E-state index in [9.17, 15) is 14.4 Å². The first-order chi connectivity index (χ1) is 13.1. The van der Waals surface area contributed by atoms with Crippen LogP contribution in [0.2, 0.25) is 0 Å². The molecule has 2 aromatic rings. The zero-order valence-corrected chi connectivity index (χ0v) is 15.2. The molecule has 0 bridgehead atoms. The number of likely N-dealkylation sites (tertiary alicyclic amines) is 1. The molecule has 2 fully saturated rings. The number of hydrogen-bond acceptors (Lipinski definition) is 4. The van der Waals surface area contributed by atoms with Gasteiger partial charge in [-0.15, -0.1) is 0 Å². The summed E-state index contributed by atoms with van der Waals surface area (Å²) in [7, 11) is 0. The van der Waals surface area contributed by atoms with Crippen molar-refractivity contribution in [1.82, 2.24) is 9.47 Å². The minimum atomic E-state index is -0.560. The van der Waals surface area contributed by atoms with Gasteiger partial charge in [-0.3, -0.25) is 14.2 Å². The molecule has 2 heterocycles. The molecule has 2 aliphatic rings. The van der Waals surface area contributed by atoms with E-state index in [1.807, 2.05) is 0 Å². The van der Waals surface area contributed by atoms with Crippen LogP contribution >= 0.6 is 0 Å². The minimum absolute atomic E-state index is 0.0483. The van der Waals surface area contributed by atoms with Crippen LogP contribution in [0.15, 0.2) is 39.1 Å². The second-order valence-corrected chi connectivity index (χ2v) is 7.22. The lowest BCUT2D eigenvalue weighted by Gasteiger charge is -2.26. The fourth-order valence-corrected chi connectivity index (χ4v) is 3.56. The van der Waals surface area contributed by atoms with Crippen LogP contribution in [0, 0.1) is 0 Å². The van der Waals surface area contributed by atoms with E-state index in [1.54, 1.807) is 29.2 Å². The number of nitrogens with one attached hydrogen (secondary N) is 1. The number of piperidine rings is 1. The van der Waals surface area contributed by atoms with E-state index in [4.69, 9.17) is 4.42 Å². The van der Waals surface area contributed by atoms with Crippen molar-refractivity contribution < 1.29 is 14.0 Å². The van der Waals surface area contributed by atoms with Gasteiger partial charge in [-0.2, -0.15) is 0 Å². The first kappa shape index (κ1) is 17.6. The van der Waals surface area contributed by atoms with E-state index < -0.39 is 5.76 Å². The van der Waals surface area contributed by atoms with Gasteiger partial charge in [0.25, 0.3) is 0 Å². The first-order valence-electron chi connectivity index (χ1n) is 9.52. The van der Waals surface area contributed by atoms with Gasteiger partial charge in [-0.05, 0) is 56.7 Å².